The Hall–Kier alpha value is -1.72. The minimum Gasteiger partial charge on any atom is -0.475 e. The average molecular weight is 281 g/mol. The smallest absolute Gasteiger partial charge is 0.371 e. The second-order valence-electron chi connectivity index (χ2n) is 4.46. The number of piperazine rings is 1. The zero-order valence-corrected chi connectivity index (χ0v) is 10.9. The molecule has 0 saturated carbocycles. The fraction of sp³-hybridized carbons (Fsp3) is 0.308. The van der Waals surface area contributed by atoms with Gasteiger partial charge in [-0.05, 0) is 12.1 Å². The van der Waals surface area contributed by atoms with Crippen LogP contribution in [0.3, 0.4) is 0 Å². The maximum Gasteiger partial charge on any atom is 0.371 e. The molecule has 0 spiro atoms. The van der Waals surface area contributed by atoms with E-state index in [1.807, 2.05) is 6.07 Å². The predicted octanol–water partition coefficient (Wildman–Crippen LogP) is 2.19. The van der Waals surface area contributed by atoms with Gasteiger partial charge in [0.2, 0.25) is 5.76 Å². The van der Waals surface area contributed by atoms with E-state index >= 15 is 0 Å². The molecule has 1 aliphatic heterocycles. The van der Waals surface area contributed by atoms with Gasteiger partial charge in [-0.1, -0.05) is 11.6 Å². The first-order valence-corrected chi connectivity index (χ1v) is 6.45. The number of furan rings is 1. The van der Waals surface area contributed by atoms with E-state index in [-0.39, 0.29) is 5.76 Å². The number of halogens is 1. The number of carbonyl (C=O) groups is 1. The summed E-state index contributed by atoms with van der Waals surface area (Å²) in [6, 6.07) is 5.13. The van der Waals surface area contributed by atoms with E-state index in [0.717, 1.165) is 31.9 Å². The highest BCUT2D eigenvalue weighted by molar-refractivity contribution is 6.38. The number of nitrogens with zero attached hydrogens (tertiary/aromatic N) is 1. The largest absolute Gasteiger partial charge is 0.475 e. The Balaban J connectivity index is 2.06. The summed E-state index contributed by atoms with van der Waals surface area (Å²) in [6.07, 6.45) is 0. The van der Waals surface area contributed by atoms with E-state index in [4.69, 9.17) is 21.1 Å². The second-order valence-corrected chi connectivity index (χ2v) is 4.84. The number of aromatic carboxylic acids is 1. The van der Waals surface area contributed by atoms with Crippen molar-refractivity contribution in [2.24, 2.45) is 0 Å². The monoisotopic (exact) mass is 280 g/mol. The van der Waals surface area contributed by atoms with E-state index in [2.05, 4.69) is 10.2 Å². The molecule has 2 heterocycles. The number of nitrogens with one attached hydrogen (secondary N) is 1. The molecule has 1 fully saturated rings. The number of fused-ring (bicyclic) bond motifs is 1. The Morgan fingerprint density at radius 3 is 2.79 bits per heavy atom. The summed E-state index contributed by atoms with van der Waals surface area (Å²) in [4.78, 5) is 13.1. The molecule has 0 unspecified atom stereocenters. The molecule has 0 aliphatic carbocycles. The molecule has 6 heteroatoms. The van der Waals surface area contributed by atoms with Gasteiger partial charge in [0.25, 0.3) is 0 Å². The Kier molecular flexibility index (Phi) is 3.08. The molecule has 0 radical (unpaired) electrons. The van der Waals surface area contributed by atoms with Crippen molar-refractivity contribution in [2.45, 2.75) is 0 Å². The van der Waals surface area contributed by atoms with Crippen molar-refractivity contribution in [1.82, 2.24) is 5.32 Å². The molecule has 0 bridgehead atoms. The molecule has 3 rings (SSSR count). The summed E-state index contributed by atoms with van der Waals surface area (Å²) in [5.41, 5.74) is 1.43. The topological polar surface area (TPSA) is 65.7 Å². The van der Waals surface area contributed by atoms with Crippen LogP contribution < -0.4 is 10.2 Å². The zero-order valence-electron chi connectivity index (χ0n) is 10.1. The van der Waals surface area contributed by atoms with Crippen LogP contribution in [0.25, 0.3) is 11.0 Å². The fourth-order valence-corrected chi connectivity index (χ4v) is 2.65. The third-order valence-corrected chi connectivity index (χ3v) is 3.68. The number of rotatable bonds is 2. The molecule has 2 aromatic rings. The molecule has 1 aromatic heterocycles. The van der Waals surface area contributed by atoms with Gasteiger partial charge < -0.3 is 19.7 Å². The van der Waals surface area contributed by atoms with E-state index in [0.29, 0.717) is 16.0 Å². The number of hydrogen-bond acceptors (Lipinski definition) is 4. The number of carboxylic acids is 1. The maximum atomic E-state index is 10.9. The third-order valence-electron chi connectivity index (χ3n) is 3.28. The van der Waals surface area contributed by atoms with Gasteiger partial charge in [0, 0.05) is 37.6 Å². The van der Waals surface area contributed by atoms with Crippen molar-refractivity contribution in [1.29, 1.82) is 0 Å². The van der Waals surface area contributed by atoms with E-state index in [1.54, 1.807) is 6.07 Å². The zero-order chi connectivity index (χ0) is 13.4. The van der Waals surface area contributed by atoms with E-state index in [9.17, 15) is 4.79 Å². The van der Waals surface area contributed by atoms with E-state index < -0.39 is 5.97 Å². The lowest BCUT2D eigenvalue weighted by molar-refractivity contribution is 0.0665. The number of hydrogen-bond donors (Lipinski definition) is 2. The summed E-state index contributed by atoms with van der Waals surface area (Å²) >= 11 is 6.38. The van der Waals surface area contributed by atoms with Gasteiger partial charge in [-0.3, -0.25) is 0 Å². The minimum absolute atomic E-state index is 0.0886. The van der Waals surface area contributed by atoms with Gasteiger partial charge in [0.1, 0.15) is 5.58 Å². The number of benzene rings is 1. The van der Waals surface area contributed by atoms with Crippen LogP contribution in [0, 0.1) is 0 Å². The Morgan fingerprint density at radius 2 is 2.11 bits per heavy atom. The number of carboxylic acid groups (broad SMARTS) is 1. The minimum atomic E-state index is -1.09. The van der Waals surface area contributed by atoms with Crippen LogP contribution in [-0.4, -0.2) is 37.3 Å². The molecule has 1 aromatic carbocycles. The molecule has 1 aliphatic rings. The van der Waals surface area contributed by atoms with Crippen LogP contribution in [-0.2, 0) is 0 Å². The van der Waals surface area contributed by atoms with Gasteiger partial charge in [0.05, 0.1) is 10.7 Å². The summed E-state index contributed by atoms with van der Waals surface area (Å²) in [5, 5.41) is 13.4. The van der Waals surface area contributed by atoms with Crippen LogP contribution in [0.1, 0.15) is 10.6 Å². The van der Waals surface area contributed by atoms with Crippen LogP contribution in [0.2, 0.25) is 5.02 Å². The van der Waals surface area contributed by atoms with Crippen LogP contribution in [0.5, 0.6) is 0 Å². The SMILES string of the molecule is O=C(O)c1cc2c(Cl)c(N3CCNCC3)ccc2o1. The van der Waals surface area contributed by atoms with Gasteiger partial charge in [0.15, 0.2) is 0 Å². The molecular formula is C13H13ClN2O3. The first-order valence-electron chi connectivity index (χ1n) is 6.08. The fourth-order valence-electron chi connectivity index (χ4n) is 2.32. The average Bonchev–Trinajstić information content (AvgIpc) is 2.85. The van der Waals surface area contributed by atoms with Crippen molar-refractivity contribution in [3.8, 4) is 0 Å². The van der Waals surface area contributed by atoms with Gasteiger partial charge in [-0.2, -0.15) is 0 Å². The summed E-state index contributed by atoms with van der Waals surface area (Å²) in [6.45, 7) is 3.60. The Labute approximate surface area is 114 Å². The van der Waals surface area contributed by atoms with Gasteiger partial charge in [-0.25, -0.2) is 4.79 Å². The lowest BCUT2D eigenvalue weighted by Gasteiger charge is -2.30. The van der Waals surface area contributed by atoms with Crippen molar-refractivity contribution >= 4 is 34.2 Å². The highest BCUT2D eigenvalue weighted by Gasteiger charge is 2.18. The third kappa shape index (κ3) is 2.15. The highest BCUT2D eigenvalue weighted by atomic mass is 35.5. The first kappa shape index (κ1) is 12.3. The Morgan fingerprint density at radius 1 is 1.37 bits per heavy atom. The van der Waals surface area contributed by atoms with Crippen molar-refractivity contribution in [3.63, 3.8) is 0 Å². The van der Waals surface area contributed by atoms with Crippen LogP contribution in [0.4, 0.5) is 5.69 Å². The van der Waals surface area contributed by atoms with Crippen molar-refractivity contribution in [3.05, 3.63) is 29.0 Å². The lowest BCUT2D eigenvalue weighted by atomic mass is 10.2. The van der Waals surface area contributed by atoms with E-state index in [1.165, 1.54) is 6.07 Å². The van der Waals surface area contributed by atoms with Crippen LogP contribution in [0.15, 0.2) is 22.6 Å². The molecule has 19 heavy (non-hydrogen) atoms. The number of anilines is 1. The van der Waals surface area contributed by atoms with Crippen molar-refractivity contribution < 1.29 is 14.3 Å². The molecule has 2 N–H and O–H groups in total. The highest BCUT2D eigenvalue weighted by Crippen LogP contribution is 2.35. The molecule has 1 saturated heterocycles. The standard InChI is InChI=1S/C13H13ClN2O3/c14-12-8-7-11(13(17)18)19-10(8)2-1-9(12)16-5-3-15-4-6-16/h1-2,7,15H,3-6H2,(H,17,18). The predicted molar refractivity (Wildman–Crippen MR) is 73.3 cm³/mol. The quantitative estimate of drug-likeness (QED) is 0.883. The van der Waals surface area contributed by atoms with Crippen molar-refractivity contribution in [2.75, 3.05) is 31.1 Å². The summed E-state index contributed by atoms with van der Waals surface area (Å²) in [7, 11) is 0. The molecule has 0 atom stereocenters. The summed E-state index contributed by atoms with van der Waals surface area (Å²) < 4.78 is 5.24. The molecule has 100 valence electrons. The lowest BCUT2D eigenvalue weighted by Crippen LogP contribution is -2.43. The second kappa shape index (κ2) is 4.75. The Bertz CT molecular complexity index is 632. The van der Waals surface area contributed by atoms with Gasteiger partial charge >= 0.3 is 5.97 Å². The maximum absolute atomic E-state index is 10.9. The molecule has 0 amide bonds. The van der Waals surface area contributed by atoms with Crippen LogP contribution >= 0.6 is 11.6 Å². The molecular weight excluding hydrogens is 268 g/mol. The normalized spacial score (nSPS) is 15.9. The first-order chi connectivity index (χ1) is 9.16. The van der Waals surface area contributed by atoms with Gasteiger partial charge in [-0.15, -0.1) is 0 Å². The summed E-state index contributed by atoms with van der Waals surface area (Å²) in [5.74, 6) is -1.18. The molecule has 5 nitrogen and oxygen atoms in total.